The highest BCUT2D eigenvalue weighted by molar-refractivity contribution is 7.08. The summed E-state index contributed by atoms with van der Waals surface area (Å²) in [4.78, 5) is 31.0. The molecule has 0 radical (unpaired) electrons. The fourth-order valence-corrected chi connectivity index (χ4v) is 6.23. The zero-order valence-electron chi connectivity index (χ0n) is 20.5. The fraction of sp³-hybridized carbons (Fsp3) is 0.481. The number of ether oxygens (including phenoxy) is 2. The molecule has 2 N–H and O–H groups in total. The first-order valence-corrected chi connectivity index (χ1v) is 13.7. The van der Waals surface area contributed by atoms with Crippen molar-refractivity contribution in [3.63, 3.8) is 0 Å². The predicted octanol–water partition coefficient (Wildman–Crippen LogP) is 4.00. The van der Waals surface area contributed by atoms with Crippen molar-refractivity contribution in [3.05, 3.63) is 69.0 Å². The molecule has 9 heteroatoms. The van der Waals surface area contributed by atoms with E-state index in [2.05, 4.69) is 16.4 Å². The molecule has 0 saturated carbocycles. The molecule has 3 atom stereocenters. The third kappa shape index (κ3) is 4.87. The van der Waals surface area contributed by atoms with Gasteiger partial charge in [-0.25, -0.2) is 4.79 Å². The lowest BCUT2D eigenvalue weighted by molar-refractivity contribution is -0.170. The largest absolute Gasteiger partial charge is 0.459 e. The first-order valence-electron chi connectivity index (χ1n) is 12.7. The number of benzene rings is 1. The van der Waals surface area contributed by atoms with Gasteiger partial charge in [0.15, 0.2) is 5.76 Å². The number of aliphatic hydroxyl groups is 1. The molecule has 0 bridgehead atoms. The van der Waals surface area contributed by atoms with Gasteiger partial charge in [0.25, 0.3) is 5.91 Å². The number of allylic oxidation sites excluding steroid dienone is 1. The fourth-order valence-electron chi connectivity index (χ4n) is 5.52. The number of hydrogen-bond donors (Lipinski definition) is 2. The van der Waals surface area contributed by atoms with Crippen LogP contribution in [0.25, 0.3) is 11.0 Å². The molecule has 2 aliphatic rings. The van der Waals surface area contributed by atoms with Gasteiger partial charge in [-0.2, -0.15) is 11.3 Å². The number of H-pyrrole nitrogens is 1. The molecular formula is C27H33N3O5S. The Kier molecular flexibility index (Phi) is 7.59. The molecule has 2 aliphatic heterocycles. The Morgan fingerprint density at radius 2 is 2.06 bits per heavy atom. The van der Waals surface area contributed by atoms with Gasteiger partial charge < -0.3 is 24.5 Å². The second-order valence-corrected chi connectivity index (χ2v) is 10.2. The average molecular weight is 512 g/mol. The van der Waals surface area contributed by atoms with Crippen LogP contribution in [0.3, 0.4) is 0 Å². The summed E-state index contributed by atoms with van der Waals surface area (Å²) >= 11 is 1.63. The van der Waals surface area contributed by atoms with Gasteiger partial charge in [-0.1, -0.05) is 12.1 Å². The highest BCUT2D eigenvalue weighted by Crippen LogP contribution is 2.40. The molecule has 1 amide bonds. The number of aliphatic hydroxyl groups excluding tert-OH is 1. The summed E-state index contributed by atoms with van der Waals surface area (Å²) in [6.07, 6.45) is 4.18. The Balaban J connectivity index is 1.34. The van der Waals surface area contributed by atoms with E-state index in [9.17, 15) is 14.7 Å². The van der Waals surface area contributed by atoms with E-state index in [1.807, 2.05) is 52.1 Å². The van der Waals surface area contributed by atoms with E-state index in [0.29, 0.717) is 44.7 Å². The maximum absolute atomic E-state index is 13.6. The Morgan fingerprint density at radius 3 is 2.78 bits per heavy atom. The second kappa shape index (κ2) is 11.0. The highest BCUT2D eigenvalue weighted by Gasteiger charge is 2.39. The maximum atomic E-state index is 13.6. The van der Waals surface area contributed by atoms with Crippen LogP contribution < -0.4 is 5.69 Å². The van der Waals surface area contributed by atoms with Crippen molar-refractivity contribution < 1.29 is 19.4 Å². The quantitative estimate of drug-likeness (QED) is 0.477. The Labute approximate surface area is 214 Å². The third-order valence-corrected chi connectivity index (χ3v) is 7.99. The number of aromatic nitrogens is 2. The molecule has 3 aromatic rings. The van der Waals surface area contributed by atoms with Crippen molar-refractivity contribution in [2.45, 2.75) is 50.9 Å². The van der Waals surface area contributed by atoms with Crippen LogP contribution >= 0.6 is 11.3 Å². The molecule has 8 nitrogen and oxygen atoms in total. The average Bonchev–Trinajstić information content (AvgIpc) is 3.55. The number of thiophene rings is 1. The van der Waals surface area contributed by atoms with E-state index in [0.717, 1.165) is 23.0 Å². The van der Waals surface area contributed by atoms with Gasteiger partial charge in [0.05, 0.1) is 11.0 Å². The molecule has 0 aliphatic carbocycles. The number of imidazole rings is 1. The number of likely N-dealkylation sites (tertiary alicyclic amines) is 1. The lowest BCUT2D eigenvalue weighted by atomic mass is 9.81. The summed E-state index contributed by atoms with van der Waals surface area (Å²) < 4.78 is 14.0. The Bertz CT molecular complexity index is 1260. The highest BCUT2D eigenvalue weighted by atomic mass is 32.1. The van der Waals surface area contributed by atoms with E-state index in [1.165, 1.54) is 0 Å². The first-order chi connectivity index (χ1) is 17.6. The van der Waals surface area contributed by atoms with Gasteiger partial charge >= 0.3 is 5.69 Å². The van der Waals surface area contributed by atoms with Crippen LogP contribution in [0.4, 0.5) is 0 Å². The summed E-state index contributed by atoms with van der Waals surface area (Å²) in [5.41, 5.74) is 2.77. The molecule has 4 heterocycles. The minimum Gasteiger partial charge on any atom is -0.459 e. The molecule has 2 aromatic heterocycles. The van der Waals surface area contributed by atoms with Gasteiger partial charge in [-0.15, -0.1) is 0 Å². The number of amides is 1. The maximum Gasteiger partial charge on any atom is 0.326 e. The van der Waals surface area contributed by atoms with Crippen molar-refractivity contribution in [3.8, 4) is 0 Å². The van der Waals surface area contributed by atoms with Gasteiger partial charge in [0, 0.05) is 44.2 Å². The molecular weight excluding hydrogens is 478 g/mol. The summed E-state index contributed by atoms with van der Waals surface area (Å²) in [5.74, 6) is 0.190. The van der Waals surface area contributed by atoms with Gasteiger partial charge in [0.1, 0.15) is 0 Å². The normalized spacial score (nSPS) is 23.0. The molecule has 1 saturated heterocycles. The smallest absolute Gasteiger partial charge is 0.326 e. The van der Waals surface area contributed by atoms with Crippen molar-refractivity contribution in [2.75, 3.05) is 26.3 Å². The zero-order valence-corrected chi connectivity index (χ0v) is 21.3. The number of hydrogen-bond acceptors (Lipinski definition) is 6. The molecule has 0 spiro atoms. The van der Waals surface area contributed by atoms with Crippen LogP contribution in [0.1, 0.15) is 50.1 Å². The predicted molar refractivity (Wildman–Crippen MR) is 139 cm³/mol. The van der Waals surface area contributed by atoms with E-state index in [4.69, 9.17) is 9.47 Å². The number of fused-ring (bicyclic) bond motifs is 1. The van der Waals surface area contributed by atoms with Crippen molar-refractivity contribution in [1.82, 2.24) is 14.5 Å². The molecule has 1 aromatic carbocycles. The van der Waals surface area contributed by atoms with E-state index in [-0.39, 0.29) is 36.1 Å². The SMILES string of the molecule is CCO[C@@H]1OC(C(=O)N2CCC(n3c(=O)[nH]c4ccccc43)CC2)=C[C@H](c2ccsc2)[C@H]1CCCO. The molecule has 5 rings (SSSR count). The van der Waals surface area contributed by atoms with E-state index in [1.54, 1.807) is 11.3 Å². The summed E-state index contributed by atoms with van der Waals surface area (Å²) in [6.45, 7) is 3.60. The number of para-hydroxylation sites is 2. The topological polar surface area (TPSA) is 96.8 Å². The number of nitrogens with zero attached hydrogens (tertiary/aromatic N) is 2. The standard InChI is InChI=1S/C27H33N3O5S/c1-2-34-26-20(6-5-14-31)21(18-11-15-36-17-18)16-24(35-26)25(32)29-12-9-19(10-13-29)30-23-8-4-3-7-22(23)28-27(30)33/h3-4,7-8,11,15-17,19-21,26,31H,2,5-6,9-10,12-14H2,1H3,(H,28,33)/t20-,21-,26-/m1/s1. The lowest BCUT2D eigenvalue weighted by Gasteiger charge is -2.39. The lowest BCUT2D eigenvalue weighted by Crippen LogP contribution is -2.44. The van der Waals surface area contributed by atoms with Crippen LogP contribution in [0.15, 0.2) is 57.7 Å². The van der Waals surface area contributed by atoms with Crippen LogP contribution in [0.5, 0.6) is 0 Å². The van der Waals surface area contributed by atoms with E-state index >= 15 is 0 Å². The van der Waals surface area contributed by atoms with Crippen LogP contribution in [-0.4, -0.2) is 58.1 Å². The number of piperidine rings is 1. The molecule has 1 fully saturated rings. The number of carbonyl (C=O) groups is 1. The minimum absolute atomic E-state index is 0.0164. The van der Waals surface area contributed by atoms with Crippen molar-refractivity contribution >= 4 is 28.3 Å². The van der Waals surface area contributed by atoms with Gasteiger partial charge in [-0.3, -0.25) is 9.36 Å². The Hall–Kier alpha value is -2.88. The molecule has 36 heavy (non-hydrogen) atoms. The van der Waals surface area contributed by atoms with Crippen molar-refractivity contribution in [1.29, 1.82) is 0 Å². The zero-order chi connectivity index (χ0) is 25.1. The summed E-state index contributed by atoms with van der Waals surface area (Å²) in [5, 5.41) is 13.6. The minimum atomic E-state index is -0.544. The number of nitrogens with one attached hydrogen (secondary N) is 1. The summed E-state index contributed by atoms with van der Waals surface area (Å²) in [7, 11) is 0. The molecule has 192 valence electrons. The Morgan fingerprint density at radius 1 is 1.25 bits per heavy atom. The number of carbonyl (C=O) groups excluding carboxylic acids is 1. The summed E-state index contributed by atoms with van der Waals surface area (Å²) in [6, 6.07) is 9.83. The third-order valence-electron chi connectivity index (χ3n) is 7.29. The van der Waals surface area contributed by atoms with Crippen molar-refractivity contribution in [2.24, 2.45) is 5.92 Å². The number of aromatic amines is 1. The van der Waals surface area contributed by atoms with Gasteiger partial charge in [-0.05, 0) is 73.2 Å². The van der Waals surface area contributed by atoms with E-state index < -0.39 is 6.29 Å². The van der Waals surface area contributed by atoms with Gasteiger partial charge in [0.2, 0.25) is 6.29 Å². The second-order valence-electron chi connectivity index (χ2n) is 9.43. The first kappa shape index (κ1) is 24.8. The van der Waals surface area contributed by atoms with Crippen LogP contribution in [0.2, 0.25) is 0 Å². The monoisotopic (exact) mass is 511 g/mol. The van der Waals surface area contributed by atoms with Crippen LogP contribution in [-0.2, 0) is 14.3 Å². The van der Waals surface area contributed by atoms with Crippen LogP contribution in [0, 0.1) is 5.92 Å². The number of rotatable bonds is 8. The molecule has 0 unspecified atom stereocenters.